The topological polar surface area (TPSA) is 35.5 Å². The van der Waals surface area contributed by atoms with E-state index in [9.17, 15) is 4.79 Å². The van der Waals surface area contributed by atoms with Crippen LogP contribution in [0.5, 0.6) is 5.75 Å². The van der Waals surface area contributed by atoms with Gasteiger partial charge < -0.3 is 9.47 Å². The van der Waals surface area contributed by atoms with Crippen molar-refractivity contribution in [3.63, 3.8) is 0 Å². The number of carbonyl (C=O) groups excluding carboxylic acids is 1. The molecule has 1 rings (SSSR count). The van der Waals surface area contributed by atoms with Gasteiger partial charge in [-0.3, -0.25) is 4.79 Å². The Hall–Kier alpha value is -1.48. The molecule has 4 heteroatoms. The molecule has 3 nitrogen and oxygen atoms in total. The standard InChI is InChI=1S/C12H13ClO3/c1-15-11-7-9(6-10(13)8-11)4-3-5-12(14)16-2/h3-4,6-8H,5H2,1-2H3. The van der Waals surface area contributed by atoms with Gasteiger partial charge in [0.25, 0.3) is 0 Å². The number of benzene rings is 1. The summed E-state index contributed by atoms with van der Waals surface area (Å²) in [6, 6.07) is 5.34. The smallest absolute Gasteiger partial charge is 0.309 e. The van der Waals surface area contributed by atoms with Crippen molar-refractivity contribution in [3.05, 3.63) is 34.9 Å². The van der Waals surface area contributed by atoms with E-state index in [-0.39, 0.29) is 12.4 Å². The summed E-state index contributed by atoms with van der Waals surface area (Å²) in [4.78, 5) is 10.9. The summed E-state index contributed by atoms with van der Waals surface area (Å²) in [7, 11) is 2.94. The maximum Gasteiger partial charge on any atom is 0.309 e. The Morgan fingerprint density at radius 3 is 2.75 bits per heavy atom. The van der Waals surface area contributed by atoms with Gasteiger partial charge in [0.1, 0.15) is 5.75 Å². The first kappa shape index (κ1) is 12.6. The van der Waals surface area contributed by atoms with Crippen LogP contribution in [0.4, 0.5) is 0 Å². The Morgan fingerprint density at radius 1 is 1.38 bits per heavy atom. The molecular formula is C12H13ClO3. The van der Waals surface area contributed by atoms with E-state index in [4.69, 9.17) is 16.3 Å². The Kier molecular flexibility index (Phi) is 4.86. The van der Waals surface area contributed by atoms with Gasteiger partial charge in [-0.2, -0.15) is 0 Å². The summed E-state index contributed by atoms with van der Waals surface area (Å²) in [5, 5.41) is 0.595. The third-order valence-corrected chi connectivity index (χ3v) is 2.17. The summed E-state index contributed by atoms with van der Waals surface area (Å²) >= 11 is 5.89. The normalized spacial score (nSPS) is 10.4. The molecule has 0 fully saturated rings. The van der Waals surface area contributed by atoms with Gasteiger partial charge in [-0.15, -0.1) is 0 Å². The molecule has 86 valence electrons. The van der Waals surface area contributed by atoms with Crippen molar-refractivity contribution in [2.45, 2.75) is 6.42 Å². The van der Waals surface area contributed by atoms with Crippen LogP contribution in [0.25, 0.3) is 6.08 Å². The fourth-order valence-electron chi connectivity index (χ4n) is 1.17. The van der Waals surface area contributed by atoms with E-state index < -0.39 is 0 Å². The molecule has 0 amide bonds. The molecule has 0 aliphatic carbocycles. The largest absolute Gasteiger partial charge is 0.497 e. The summed E-state index contributed by atoms with van der Waals surface area (Å²) in [6.45, 7) is 0. The molecular weight excluding hydrogens is 228 g/mol. The van der Waals surface area contributed by atoms with Crippen molar-refractivity contribution in [1.82, 2.24) is 0 Å². The molecule has 0 aliphatic rings. The summed E-state index contributed by atoms with van der Waals surface area (Å²) in [5.74, 6) is 0.412. The summed E-state index contributed by atoms with van der Waals surface area (Å²) < 4.78 is 9.59. The predicted molar refractivity (Wildman–Crippen MR) is 63.7 cm³/mol. The van der Waals surface area contributed by atoms with Crippen molar-refractivity contribution >= 4 is 23.6 Å². The molecule has 0 spiro atoms. The van der Waals surface area contributed by atoms with Crippen molar-refractivity contribution < 1.29 is 14.3 Å². The zero-order valence-electron chi connectivity index (χ0n) is 9.20. The van der Waals surface area contributed by atoms with E-state index in [1.165, 1.54) is 7.11 Å². The van der Waals surface area contributed by atoms with Gasteiger partial charge in [-0.05, 0) is 23.8 Å². The van der Waals surface area contributed by atoms with Crippen molar-refractivity contribution in [2.75, 3.05) is 14.2 Å². The van der Waals surface area contributed by atoms with E-state index in [1.807, 2.05) is 6.07 Å². The maximum absolute atomic E-state index is 10.9. The minimum absolute atomic E-state index is 0.241. The first-order chi connectivity index (χ1) is 7.65. The van der Waals surface area contributed by atoms with Gasteiger partial charge in [0.05, 0.1) is 20.6 Å². The first-order valence-electron chi connectivity index (χ1n) is 4.73. The number of carbonyl (C=O) groups is 1. The van der Waals surface area contributed by atoms with Gasteiger partial charge in [0.2, 0.25) is 0 Å². The number of halogens is 1. The molecule has 0 radical (unpaired) electrons. The third-order valence-electron chi connectivity index (χ3n) is 1.95. The predicted octanol–water partition coefficient (Wildman–Crippen LogP) is 2.92. The lowest BCUT2D eigenvalue weighted by atomic mass is 10.2. The molecule has 0 bridgehead atoms. The van der Waals surface area contributed by atoms with Gasteiger partial charge in [0, 0.05) is 5.02 Å². The molecule has 0 aliphatic heterocycles. The highest BCUT2D eigenvalue weighted by atomic mass is 35.5. The van der Waals surface area contributed by atoms with Crippen LogP contribution < -0.4 is 4.74 Å². The van der Waals surface area contributed by atoms with E-state index in [0.717, 1.165) is 5.56 Å². The molecule has 0 atom stereocenters. The number of hydrogen-bond donors (Lipinski definition) is 0. The minimum Gasteiger partial charge on any atom is -0.497 e. The van der Waals surface area contributed by atoms with E-state index in [1.54, 1.807) is 31.4 Å². The van der Waals surface area contributed by atoms with Crippen LogP contribution in [-0.2, 0) is 9.53 Å². The molecule has 0 N–H and O–H groups in total. The minimum atomic E-state index is -0.273. The zero-order chi connectivity index (χ0) is 12.0. The first-order valence-corrected chi connectivity index (χ1v) is 5.11. The molecule has 1 aromatic carbocycles. The average molecular weight is 241 g/mol. The Bertz CT molecular complexity index is 399. The Labute approximate surface area is 99.6 Å². The second kappa shape index (κ2) is 6.18. The number of rotatable bonds is 4. The van der Waals surface area contributed by atoms with E-state index >= 15 is 0 Å². The molecule has 0 saturated carbocycles. The molecule has 0 saturated heterocycles. The van der Waals surface area contributed by atoms with Gasteiger partial charge >= 0.3 is 5.97 Å². The highest BCUT2D eigenvalue weighted by Gasteiger charge is 1.98. The SMILES string of the molecule is COC(=O)CC=Cc1cc(Cl)cc(OC)c1. The fraction of sp³-hybridized carbons (Fsp3) is 0.250. The van der Waals surface area contributed by atoms with Crippen molar-refractivity contribution in [2.24, 2.45) is 0 Å². The van der Waals surface area contributed by atoms with Gasteiger partial charge in [-0.1, -0.05) is 23.8 Å². The Balaban J connectivity index is 2.73. The molecule has 16 heavy (non-hydrogen) atoms. The molecule has 0 aromatic heterocycles. The van der Waals surface area contributed by atoms with Crippen molar-refractivity contribution in [1.29, 1.82) is 0 Å². The molecule has 0 heterocycles. The quantitative estimate of drug-likeness (QED) is 0.759. The van der Waals surface area contributed by atoms with Crippen LogP contribution in [0, 0.1) is 0 Å². The highest BCUT2D eigenvalue weighted by molar-refractivity contribution is 6.30. The third kappa shape index (κ3) is 3.95. The Morgan fingerprint density at radius 2 is 2.12 bits per heavy atom. The summed E-state index contributed by atoms with van der Waals surface area (Å²) in [5.41, 5.74) is 0.883. The monoisotopic (exact) mass is 240 g/mol. The van der Waals surface area contributed by atoms with E-state index in [2.05, 4.69) is 4.74 Å². The van der Waals surface area contributed by atoms with Crippen LogP contribution in [-0.4, -0.2) is 20.2 Å². The van der Waals surface area contributed by atoms with E-state index in [0.29, 0.717) is 10.8 Å². The van der Waals surface area contributed by atoms with Crippen LogP contribution in [0.15, 0.2) is 24.3 Å². The molecule has 0 unspecified atom stereocenters. The lowest BCUT2D eigenvalue weighted by Gasteiger charge is -2.02. The lowest BCUT2D eigenvalue weighted by Crippen LogP contribution is -1.96. The van der Waals surface area contributed by atoms with Crippen LogP contribution in [0.2, 0.25) is 5.02 Å². The van der Waals surface area contributed by atoms with Crippen LogP contribution >= 0.6 is 11.6 Å². The highest BCUT2D eigenvalue weighted by Crippen LogP contribution is 2.21. The maximum atomic E-state index is 10.9. The number of hydrogen-bond acceptors (Lipinski definition) is 3. The fourth-order valence-corrected chi connectivity index (χ4v) is 1.41. The molecule has 1 aromatic rings. The summed E-state index contributed by atoms with van der Waals surface area (Å²) in [6.07, 6.45) is 3.76. The van der Waals surface area contributed by atoms with Crippen LogP contribution in [0.3, 0.4) is 0 Å². The zero-order valence-corrected chi connectivity index (χ0v) is 9.95. The van der Waals surface area contributed by atoms with Gasteiger partial charge in [0.15, 0.2) is 0 Å². The second-order valence-corrected chi connectivity index (χ2v) is 3.54. The average Bonchev–Trinajstić information content (AvgIpc) is 2.28. The van der Waals surface area contributed by atoms with Gasteiger partial charge in [-0.25, -0.2) is 0 Å². The van der Waals surface area contributed by atoms with Crippen LogP contribution in [0.1, 0.15) is 12.0 Å². The number of esters is 1. The number of methoxy groups -OCH3 is 2. The number of ether oxygens (including phenoxy) is 2. The lowest BCUT2D eigenvalue weighted by molar-refractivity contribution is -0.139. The second-order valence-electron chi connectivity index (χ2n) is 3.11. The van der Waals surface area contributed by atoms with Crippen molar-refractivity contribution in [3.8, 4) is 5.75 Å².